The maximum absolute atomic E-state index is 11.1. The van der Waals surface area contributed by atoms with Crippen molar-refractivity contribution >= 4 is 5.78 Å². The van der Waals surface area contributed by atoms with E-state index >= 15 is 0 Å². The third-order valence-electron chi connectivity index (χ3n) is 3.17. The van der Waals surface area contributed by atoms with Crippen molar-refractivity contribution in [1.82, 2.24) is 4.90 Å². The van der Waals surface area contributed by atoms with Crippen LogP contribution in [0.3, 0.4) is 0 Å². The molecular formula is C12H23NO. The third-order valence-corrected chi connectivity index (χ3v) is 3.17. The van der Waals surface area contributed by atoms with Crippen LogP contribution in [0.2, 0.25) is 0 Å². The van der Waals surface area contributed by atoms with Crippen LogP contribution in [0.5, 0.6) is 0 Å². The smallest absolute Gasteiger partial charge is 0.148 e. The van der Waals surface area contributed by atoms with Crippen LogP contribution in [0.15, 0.2) is 0 Å². The zero-order valence-electron chi connectivity index (χ0n) is 9.59. The Balaban J connectivity index is 2.22. The Hall–Kier alpha value is -0.370. The predicted octanol–water partition coefficient (Wildman–Crippen LogP) is 2.48. The van der Waals surface area contributed by atoms with Crippen LogP contribution >= 0.6 is 0 Å². The van der Waals surface area contributed by atoms with Crippen LogP contribution < -0.4 is 0 Å². The van der Waals surface area contributed by atoms with E-state index in [0.29, 0.717) is 12.3 Å². The summed E-state index contributed by atoms with van der Waals surface area (Å²) in [5, 5.41) is 0. The molecule has 1 rings (SSSR count). The Kier molecular flexibility index (Phi) is 5.16. The molecule has 2 heteroatoms. The van der Waals surface area contributed by atoms with Crippen LogP contribution in [0, 0.1) is 5.92 Å². The fourth-order valence-electron chi connectivity index (χ4n) is 2.13. The SMILES string of the molecule is CCCCC(CC)CN1CCC(=O)C1. The molecule has 1 atom stereocenters. The van der Waals surface area contributed by atoms with Gasteiger partial charge in [0.2, 0.25) is 0 Å². The highest BCUT2D eigenvalue weighted by atomic mass is 16.1. The van der Waals surface area contributed by atoms with Crippen molar-refractivity contribution in [3.05, 3.63) is 0 Å². The number of rotatable bonds is 6. The molecular weight excluding hydrogens is 174 g/mol. The number of nitrogens with zero attached hydrogens (tertiary/aromatic N) is 1. The topological polar surface area (TPSA) is 20.3 Å². The summed E-state index contributed by atoms with van der Waals surface area (Å²) in [4.78, 5) is 13.4. The van der Waals surface area contributed by atoms with E-state index in [2.05, 4.69) is 18.7 Å². The van der Waals surface area contributed by atoms with Gasteiger partial charge in [-0.15, -0.1) is 0 Å². The van der Waals surface area contributed by atoms with Crippen LogP contribution in [0.4, 0.5) is 0 Å². The van der Waals surface area contributed by atoms with Gasteiger partial charge < -0.3 is 0 Å². The van der Waals surface area contributed by atoms with Crippen LogP contribution in [0.25, 0.3) is 0 Å². The van der Waals surface area contributed by atoms with E-state index in [4.69, 9.17) is 0 Å². The Bertz CT molecular complexity index is 179. The lowest BCUT2D eigenvalue weighted by Crippen LogP contribution is -2.27. The van der Waals surface area contributed by atoms with E-state index < -0.39 is 0 Å². The summed E-state index contributed by atoms with van der Waals surface area (Å²) in [5.41, 5.74) is 0. The quantitative estimate of drug-likeness (QED) is 0.652. The minimum Gasteiger partial charge on any atom is -0.298 e. The van der Waals surface area contributed by atoms with Crippen molar-refractivity contribution in [3.8, 4) is 0 Å². The van der Waals surface area contributed by atoms with Crippen molar-refractivity contribution in [3.63, 3.8) is 0 Å². The molecule has 0 aromatic heterocycles. The van der Waals surface area contributed by atoms with Gasteiger partial charge in [0.05, 0.1) is 6.54 Å². The number of hydrogen-bond acceptors (Lipinski definition) is 2. The molecule has 1 fully saturated rings. The Labute approximate surface area is 87.7 Å². The van der Waals surface area contributed by atoms with Crippen LogP contribution in [-0.4, -0.2) is 30.3 Å². The first kappa shape index (κ1) is 11.7. The molecule has 0 aliphatic carbocycles. The maximum Gasteiger partial charge on any atom is 0.148 e. The second-order valence-electron chi connectivity index (χ2n) is 4.44. The Morgan fingerprint density at radius 2 is 2.21 bits per heavy atom. The molecule has 0 bridgehead atoms. The zero-order valence-corrected chi connectivity index (χ0v) is 9.59. The molecule has 0 radical (unpaired) electrons. The summed E-state index contributed by atoms with van der Waals surface area (Å²) in [6.07, 6.45) is 5.99. The molecule has 0 saturated carbocycles. The van der Waals surface area contributed by atoms with Gasteiger partial charge in [0.25, 0.3) is 0 Å². The van der Waals surface area contributed by atoms with Crippen LogP contribution in [0.1, 0.15) is 46.0 Å². The number of likely N-dealkylation sites (tertiary alicyclic amines) is 1. The lowest BCUT2D eigenvalue weighted by molar-refractivity contribution is -0.116. The normalized spacial score (nSPS) is 20.3. The van der Waals surface area contributed by atoms with Gasteiger partial charge in [0, 0.05) is 19.5 Å². The Morgan fingerprint density at radius 3 is 2.71 bits per heavy atom. The van der Waals surface area contributed by atoms with Gasteiger partial charge in [-0.05, 0) is 12.3 Å². The molecule has 1 aliphatic rings. The average Bonchev–Trinajstić information content (AvgIpc) is 2.58. The first-order valence-electron chi connectivity index (χ1n) is 6.00. The molecule has 1 heterocycles. The zero-order chi connectivity index (χ0) is 10.4. The molecule has 1 aliphatic heterocycles. The monoisotopic (exact) mass is 197 g/mol. The van der Waals surface area contributed by atoms with Gasteiger partial charge in [-0.2, -0.15) is 0 Å². The summed E-state index contributed by atoms with van der Waals surface area (Å²) in [5.74, 6) is 1.23. The van der Waals surface area contributed by atoms with Gasteiger partial charge in [-0.25, -0.2) is 0 Å². The van der Waals surface area contributed by atoms with E-state index in [-0.39, 0.29) is 0 Å². The van der Waals surface area contributed by atoms with Crippen molar-refractivity contribution in [2.45, 2.75) is 46.0 Å². The van der Waals surface area contributed by atoms with Crippen molar-refractivity contribution < 1.29 is 4.79 Å². The van der Waals surface area contributed by atoms with Crippen molar-refractivity contribution in [2.75, 3.05) is 19.6 Å². The highest BCUT2D eigenvalue weighted by Crippen LogP contribution is 2.16. The molecule has 0 N–H and O–H groups in total. The summed E-state index contributed by atoms with van der Waals surface area (Å²) in [7, 11) is 0. The molecule has 1 saturated heterocycles. The fourth-order valence-corrected chi connectivity index (χ4v) is 2.13. The second-order valence-corrected chi connectivity index (χ2v) is 4.44. The summed E-state index contributed by atoms with van der Waals surface area (Å²) in [6, 6.07) is 0. The predicted molar refractivity (Wildman–Crippen MR) is 59.4 cm³/mol. The third kappa shape index (κ3) is 3.79. The molecule has 14 heavy (non-hydrogen) atoms. The van der Waals surface area contributed by atoms with E-state index in [1.54, 1.807) is 0 Å². The highest BCUT2D eigenvalue weighted by Gasteiger charge is 2.21. The number of carbonyl (C=O) groups excluding carboxylic acids is 1. The van der Waals surface area contributed by atoms with E-state index in [9.17, 15) is 4.79 Å². The van der Waals surface area contributed by atoms with Gasteiger partial charge in [-0.1, -0.05) is 33.1 Å². The molecule has 0 spiro atoms. The molecule has 0 aromatic rings. The lowest BCUT2D eigenvalue weighted by atomic mass is 9.99. The molecule has 2 nitrogen and oxygen atoms in total. The summed E-state index contributed by atoms with van der Waals surface area (Å²) in [6.45, 7) is 7.36. The minimum atomic E-state index is 0.426. The molecule has 1 unspecified atom stereocenters. The minimum absolute atomic E-state index is 0.426. The molecule has 82 valence electrons. The van der Waals surface area contributed by atoms with Crippen molar-refractivity contribution in [2.24, 2.45) is 5.92 Å². The second kappa shape index (κ2) is 6.18. The largest absolute Gasteiger partial charge is 0.298 e. The van der Waals surface area contributed by atoms with Gasteiger partial charge in [-0.3, -0.25) is 9.69 Å². The van der Waals surface area contributed by atoms with E-state index in [1.807, 2.05) is 0 Å². The number of Topliss-reactive ketones (excluding diaryl/α,β-unsaturated/α-hetero) is 1. The standard InChI is InChI=1S/C12H23NO/c1-3-5-6-11(4-2)9-13-8-7-12(14)10-13/h11H,3-10H2,1-2H3. The summed E-state index contributed by atoms with van der Waals surface area (Å²) < 4.78 is 0. The van der Waals surface area contributed by atoms with Gasteiger partial charge in [0.1, 0.15) is 5.78 Å². The highest BCUT2D eigenvalue weighted by molar-refractivity contribution is 5.82. The van der Waals surface area contributed by atoms with Crippen LogP contribution in [-0.2, 0) is 4.79 Å². The average molecular weight is 197 g/mol. The Morgan fingerprint density at radius 1 is 1.43 bits per heavy atom. The first-order chi connectivity index (χ1) is 6.76. The number of ketones is 1. The first-order valence-corrected chi connectivity index (χ1v) is 6.00. The maximum atomic E-state index is 11.1. The van der Waals surface area contributed by atoms with E-state index in [0.717, 1.165) is 25.4 Å². The van der Waals surface area contributed by atoms with E-state index in [1.165, 1.54) is 25.7 Å². The van der Waals surface area contributed by atoms with Crippen molar-refractivity contribution in [1.29, 1.82) is 0 Å². The van der Waals surface area contributed by atoms with Gasteiger partial charge in [0.15, 0.2) is 0 Å². The van der Waals surface area contributed by atoms with Gasteiger partial charge >= 0.3 is 0 Å². The number of unbranched alkanes of at least 4 members (excludes halogenated alkanes) is 1. The fraction of sp³-hybridized carbons (Fsp3) is 0.917. The summed E-state index contributed by atoms with van der Waals surface area (Å²) >= 11 is 0. The lowest BCUT2D eigenvalue weighted by Gasteiger charge is -2.21. The number of carbonyl (C=O) groups is 1. The number of hydrogen-bond donors (Lipinski definition) is 0. The molecule has 0 aromatic carbocycles. The molecule has 0 amide bonds.